The molecule has 0 aliphatic heterocycles. The Kier molecular flexibility index (Phi) is 5.35. The largest absolute Gasteiger partial charge is 0.478 e. The Balaban J connectivity index is 3.01. The molecule has 0 unspecified atom stereocenters. The SMILES string of the molecule is CC(C)N(Cc1cc(C(=O)O)ccc1Br)C(C)C. The van der Waals surface area contributed by atoms with E-state index in [4.69, 9.17) is 5.11 Å². The first-order valence-electron chi connectivity index (χ1n) is 6.10. The Morgan fingerprint density at radius 1 is 1.28 bits per heavy atom. The molecule has 3 nitrogen and oxygen atoms in total. The van der Waals surface area contributed by atoms with Gasteiger partial charge in [0.2, 0.25) is 0 Å². The van der Waals surface area contributed by atoms with Gasteiger partial charge in [0.1, 0.15) is 0 Å². The van der Waals surface area contributed by atoms with E-state index in [0.717, 1.165) is 16.6 Å². The first-order chi connectivity index (χ1) is 8.32. The van der Waals surface area contributed by atoms with E-state index >= 15 is 0 Å². The Bertz CT molecular complexity index is 422. The Hall–Kier alpha value is -0.870. The molecule has 0 amide bonds. The van der Waals surface area contributed by atoms with E-state index in [1.54, 1.807) is 18.2 Å². The molecule has 1 N–H and O–H groups in total. The highest BCUT2D eigenvalue weighted by Crippen LogP contribution is 2.22. The monoisotopic (exact) mass is 313 g/mol. The minimum atomic E-state index is -0.885. The van der Waals surface area contributed by atoms with Crippen LogP contribution in [0.15, 0.2) is 22.7 Å². The topological polar surface area (TPSA) is 40.5 Å². The zero-order valence-corrected chi connectivity index (χ0v) is 12.9. The van der Waals surface area contributed by atoms with Crippen molar-refractivity contribution in [2.75, 3.05) is 0 Å². The van der Waals surface area contributed by atoms with Crippen molar-refractivity contribution in [2.24, 2.45) is 0 Å². The molecule has 1 rings (SSSR count). The van der Waals surface area contributed by atoms with Crippen LogP contribution < -0.4 is 0 Å². The second kappa shape index (κ2) is 6.34. The Morgan fingerprint density at radius 2 is 1.83 bits per heavy atom. The average Bonchev–Trinajstić information content (AvgIpc) is 2.26. The van der Waals surface area contributed by atoms with Crippen molar-refractivity contribution in [3.05, 3.63) is 33.8 Å². The minimum absolute atomic E-state index is 0.334. The molecule has 0 saturated heterocycles. The maximum atomic E-state index is 11.0. The fourth-order valence-electron chi connectivity index (χ4n) is 1.99. The summed E-state index contributed by atoms with van der Waals surface area (Å²) in [6.07, 6.45) is 0. The van der Waals surface area contributed by atoms with Gasteiger partial charge in [-0.2, -0.15) is 0 Å². The molecule has 1 aromatic rings. The number of halogens is 1. The molecule has 0 spiro atoms. The van der Waals surface area contributed by atoms with Crippen molar-refractivity contribution < 1.29 is 9.90 Å². The third-order valence-corrected chi connectivity index (χ3v) is 3.75. The molecule has 18 heavy (non-hydrogen) atoms. The predicted octanol–water partition coefficient (Wildman–Crippen LogP) is 3.77. The van der Waals surface area contributed by atoms with Crippen LogP contribution in [0.3, 0.4) is 0 Å². The van der Waals surface area contributed by atoms with Crippen LogP contribution in [0.25, 0.3) is 0 Å². The smallest absolute Gasteiger partial charge is 0.335 e. The fourth-order valence-corrected chi connectivity index (χ4v) is 2.36. The molecule has 0 aromatic heterocycles. The molecule has 0 saturated carbocycles. The van der Waals surface area contributed by atoms with Gasteiger partial charge in [0.25, 0.3) is 0 Å². The summed E-state index contributed by atoms with van der Waals surface area (Å²) < 4.78 is 0.957. The lowest BCUT2D eigenvalue weighted by molar-refractivity contribution is 0.0696. The summed E-state index contributed by atoms with van der Waals surface area (Å²) >= 11 is 3.49. The molecule has 0 radical (unpaired) electrons. The van der Waals surface area contributed by atoms with Crippen molar-refractivity contribution in [1.29, 1.82) is 0 Å². The summed E-state index contributed by atoms with van der Waals surface area (Å²) in [6, 6.07) is 6.00. The van der Waals surface area contributed by atoms with Crippen molar-refractivity contribution in [1.82, 2.24) is 4.90 Å². The fraction of sp³-hybridized carbons (Fsp3) is 0.500. The molecule has 0 bridgehead atoms. The normalized spacial score (nSPS) is 11.6. The molecule has 0 aliphatic rings. The van der Waals surface area contributed by atoms with Crippen LogP contribution >= 0.6 is 15.9 Å². The van der Waals surface area contributed by atoms with Crippen molar-refractivity contribution in [3.8, 4) is 0 Å². The highest BCUT2D eigenvalue weighted by atomic mass is 79.9. The molecule has 0 aliphatic carbocycles. The van der Waals surface area contributed by atoms with Crippen molar-refractivity contribution in [3.63, 3.8) is 0 Å². The van der Waals surface area contributed by atoms with Gasteiger partial charge in [-0.1, -0.05) is 15.9 Å². The standard InChI is InChI=1S/C14H20BrNO2/c1-9(2)16(10(3)4)8-12-7-11(14(17)18)5-6-13(12)15/h5-7,9-10H,8H2,1-4H3,(H,17,18). The second-order valence-electron chi connectivity index (χ2n) is 4.97. The van der Waals surface area contributed by atoms with Gasteiger partial charge >= 0.3 is 5.97 Å². The lowest BCUT2D eigenvalue weighted by Gasteiger charge is -2.31. The van der Waals surface area contributed by atoms with E-state index in [1.165, 1.54) is 0 Å². The van der Waals surface area contributed by atoms with Crippen molar-refractivity contribution in [2.45, 2.75) is 46.3 Å². The summed E-state index contributed by atoms with van der Waals surface area (Å²) in [4.78, 5) is 13.3. The highest BCUT2D eigenvalue weighted by molar-refractivity contribution is 9.10. The van der Waals surface area contributed by atoms with Crippen molar-refractivity contribution >= 4 is 21.9 Å². The summed E-state index contributed by atoms with van der Waals surface area (Å²) in [7, 11) is 0. The van der Waals surface area contributed by atoms with E-state index in [2.05, 4.69) is 48.5 Å². The van der Waals surface area contributed by atoms with Gasteiger partial charge in [-0.3, -0.25) is 4.90 Å². The van der Waals surface area contributed by atoms with Gasteiger partial charge in [0.05, 0.1) is 5.56 Å². The third-order valence-electron chi connectivity index (χ3n) is 2.97. The Morgan fingerprint density at radius 3 is 2.28 bits per heavy atom. The van der Waals surface area contributed by atoms with E-state index in [0.29, 0.717) is 17.6 Å². The number of rotatable bonds is 5. The van der Waals surface area contributed by atoms with Crippen LogP contribution in [0.2, 0.25) is 0 Å². The lowest BCUT2D eigenvalue weighted by atomic mass is 10.1. The van der Waals surface area contributed by atoms with Crippen LogP contribution in [0, 0.1) is 0 Å². The lowest BCUT2D eigenvalue weighted by Crippen LogP contribution is -2.36. The van der Waals surface area contributed by atoms with Gasteiger partial charge in [-0.25, -0.2) is 4.79 Å². The van der Waals surface area contributed by atoms with Gasteiger partial charge < -0.3 is 5.11 Å². The highest BCUT2D eigenvalue weighted by Gasteiger charge is 2.16. The van der Waals surface area contributed by atoms with Crippen LogP contribution in [-0.4, -0.2) is 28.1 Å². The number of carbonyl (C=O) groups is 1. The number of carboxylic acid groups (broad SMARTS) is 1. The number of hydrogen-bond acceptors (Lipinski definition) is 2. The third kappa shape index (κ3) is 3.82. The number of benzene rings is 1. The maximum absolute atomic E-state index is 11.0. The van der Waals surface area contributed by atoms with E-state index in [1.807, 2.05) is 0 Å². The zero-order chi connectivity index (χ0) is 13.9. The van der Waals surface area contributed by atoms with E-state index in [-0.39, 0.29) is 0 Å². The number of nitrogens with zero attached hydrogens (tertiary/aromatic N) is 1. The first kappa shape index (κ1) is 15.2. The minimum Gasteiger partial charge on any atom is -0.478 e. The van der Waals surface area contributed by atoms with Gasteiger partial charge in [-0.05, 0) is 51.5 Å². The maximum Gasteiger partial charge on any atom is 0.335 e. The first-order valence-corrected chi connectivity index (χ1v) is 6.89. The molecule has 4 heteroatoms. The molecular formula is C14H20BrNO2. The quantitative estimate of drug-likeness (QED) is 0.899. The molecule has 1 aromatic carbocycles. The van der Waals surface area contributed by atoms with E-state index < -0.39 is 5.97 Å². The molecule has 0 fully saturated rings. The number of carboxylic acids is 1. The van der Waals surface area contributed by atoms with E-state index in [9.17, 15) is 4.79 Å². The van der Waals surface area contributed by atoms with Crippen LogP contribution in [0.1, 0.15) is 43.6 Å². The predicted molar refractivity (Wildman–Crippen MR) is 76.9 cm³/mol. The zero-order valence-electron chi connectivity index (χ0n) is 11.3. The Labute approximate surface area is 117 Å². The molecule has 0 heterocycles. The molecule has 0 atom stereocenters. The van der Waals surface area contributed by atoms with Gasteiger partial charge in [0, 0.05) is 23.1 Å². The van der Waals surface area contributed by atoms with Gasteiger partial charge in [0.15, 0.2) is 0 Å². The van der Waals surface area contributed by atoms with Crippen LogP contribution in [-0.2, 0) is 6.54 Å². The van der Waals surface area contributed by atoms with Gasteiger partial charge in [-0.15, -0.1) is 0 Å². The number of hydrogen-bond donors (Lipinski definition) is 1. The molecular weight excluding hydrogens is 294 g/mol. The average molecular weight is 314 g/mol. The summed E-state index contributed by atoms with van der Waals surface area (Å²) in [5.41, 5.74) is 1.35. The number of aromatic carboxylic acids is 1. The summed E-state index contributed by atoms with van der Waals surface area (Å²) in [5, 5.41) is 9.02. The summed E-state index contributed by atoms with van der Waals surface area (Å²) in [6.45, 7) is 9.34. The van der Waals surface area contributed by atoms with Crippen LogP contribution in [0.4, 0.5) is 0 Å². The summed E-state index contributed by atoms with van der Waals surface area (Å²) in [5.74, 6) is -0.885. The molecule has 100 valence electrons. The van der Waals surface area contributed by atoms with Crippen LogP contribution in [0.5, 0.6) is 0 Å². The second-order valence-corrected chi connectivity index (χ2v) is 5.83.